The number of benzene rings is 1. The molecule has 0 bridgehead atoms. The topological polar surface area (TPSA) is 32.3 Å². The number of hydrogen-bond acceptors (Lipinski definition) is 2. The molecule has 1 saturated carbocycles. The Labute approximate surface area is 118 Å². The van der Waals surface area contributed by atoms with Gasteiger partial charge in [-0.3, -0.25) is 0 Å². The van der Waals surface area contributed by atoms with Crippen molar-refractivity contribution in [3.8, 4) is 0 Å². The van der Waals surface area contributed by atoms with Crippen LogP contribution in [0, 0.1) is 5.41 Å². The third-order valence-corrected chi connectivity index (χ3v) is 4.46. The molecule has 0 aromatic heterocycles. The molecule has 0 amide bonds. The van der Waals surface area contributed by atoms with Crippen LogP contribution in [0.3, 0.4) is 0 Å². The van der Waals surface area contributed by atoms with Crippen LogP contribution in [0.1, 0.15) is 32.3 Å². The monoisotopic (exact) mass is 311 g/mol. The summed E-state index contributed by atoms with van der Waals surface area (Å²) in [6, 6.07) is 8.49. The lowest BCUT2D eigenvalue weighted by Crippen LogP contribution is -2.37. The van der Waals surface area contributed by atoms with E-state index in [0.29, 0.717) is 6.61 Å². The summed E-state index contributed by atoms with van der Waals surface area (Å²) in [4.78, 5) is 0. The zero-order chi connectivity index (χ0) is 13.2. The van der Waals surface area contributed by atoms with Crippen LogP contribution in [0.25, 0.3) is 0 Å². The van der Waals surface area contributed by atoms with Gasteiger partial charge in [0.25, 0.3) is 0 Å². The molecule has 0 heterocycles. The van der Waals surface area contributed by atoms with E-state index < -0.39 is 0 Å². The molecule has 1 aromatic carbocycles. The first kappa shape index (κ1) is 14.0. The largest absolute Gasteiger partial charge is 0.396 e. The van der Waals surface area contributed by atoms with Gasteiger partial charge >= 0.3 is 0 Å². The minimum absolute atomic E-state index is 0.106. The van der Waals surface area contributed by atoms with E-state index in [2.05, 4.69) is 59.4 Å². The minimum Gasteiger partial charge on any atom is -0.396 e. The summed E-state index contributed by atoms with van der Waals surface area (Å²) in [6.45, 7) is 6.68. The Bertz CT molecular complexity index is 413. The standard InChI is InChI=1S/C15H22BrNO/c1-14(2,12-4-3-5-13(16)8-12)9-17-10-15(11-18)6-7-15/h3-5,8,17-18H,6-7,9-11H2,1-2H3. The lowest BCUT2D eigenvalue weighted by atomic mass is 9.84. The molecule has 0 aliphatic heterocycles. The first-order chi connectivity index (χ1) is 8.47. The van der Waals surface area contributed by atoms with Crippen molar-refractivity contribution in [3.63, 3.8) is 0 Å². The van der Waals surface area contributed by atoms with Crippen molar-refractivity contribution in [2.75, 3.05) is 19.7 Å². The molecular weight excluding hydrogens is 290 g/mol. The summed E-state index contributed by atoms with van der Waals surface area (Å²) in [5.74, 6) is 0. The number of hydrogen-bond donors (Lipinski definition) is 2. The average Bonchev–Trinajstić information content (AvgIpc) is 3.09. The van der Waals surface area contributed by atoms with Crippen molar-refractivity contribution >= 4 is 15.9 Å². The first-order valence-corrected chi connectivity index (χ1v) is 7.34. The Hall–Kier alpha value is -0.380. The van der Waals surface area contributed by atoms with Crippen molar-refractivity contribution in [1.82, 2.24) is 5.32 Å². The Morgan fingerprint density at radius 2 is 2.11 bits per heavy atom. The van der Waals surface area contributed by atoms with Crippen LogP contribution in [0.2, 0.25) is 0 Å². The van der Waals surface area contributed by atoms with E-state index in [1.807, 2.05) is 0 Å². The van der Waals surface area contributed by atoms with Crippen molar-refractivity contribution in [3.05, 3.63) is 34.3 Å². The molecule has 3 heteroatoms. The molecule has 0 saturated heterocycles. The van der Waals surface area contributed by atoms with Gasteiger partial charge in [-0.25, -0.2) is 0 Å². The fourth-order valence-electron chi connectivity index (χ4n) is 2.22. The molecule has 2 nitrogen and oxygen atoms in total. The summed E-state index contributed by atoms with van der Waals surface area (Å²) in [5, 5.41) is 12.8. The molecule has 2 rings (SSSR count). The SMILES string of the molecule is CC(C)(CNCC1(CO)CC1)c1cccc(Br)c1. The zero-order valence-corrected chi connectivity index (χ0v) is 12.8. The van der Waals surface area contributed by atoms with Crippen molar-refractivity contribution in [2.45, 2.75) is 32.1 Å². The quantitative estimate of drug-likeness (QED) is 0.846. The van der Waals surface area contributed by atoms with E-state index in [1.54, 1.807) is 0 Å². The Kier molecular flexibility index (Phi) is 4.15. The molecule has 0 radical (unpaired) electrons. The third-order valence-electron chi connectivity index (χ3n) is 3.97. The summed E-state index contributed by atoms with van der Waals surface area (Å²) in [7, 11) is 0. The predicted molar refractivity (Wildman–Crippen MR) is 78.8 cm³/mol. The zero-order valence-electron chi connectivity index (χ0n) is 11.2. The van der Waals surface area contributed by atoms with E-state index in [1.165, 1.54) is 5.56 Å². The summed E-state index contributed by atoms with van der Waals surface area (Å²) >= 11 is 3.52. The summed E-state index contributed by atoms with van der Waals surface area (Å²) < 4.78 is 1.13. The van der Waals surface area contributed by atoms with Gasteiger partial charge < -0.3 is 10.4 Å². The van der Waals surface area contributed by atoms with Crippen LogP contribution in [0.15, 0.2) is 28.7 Å². The maximum Gasteiger partial charge on any atom is 0.0499 e. The van der Waals surface area contributed by atoms with E-state index in [4.69, 9.17) is 0 Å². The molecule has 0 atom stereocenters. The van der Waals surface area contributed by atoms with Gasteiger partial charge in [-0.2, -0.15) is 0 Å². The lowest BCUT2D eigenvalue weighted by Gasteiger charge is -2.27. The van der Waals surface area contributed by atoms with Crippen molar-refractivity contribution in [2.24, 2.45) is 5.41 Å². The van der Waals surface area contributed by atoms with Gasteiger partial charge in [-0.05, 0) is 30.5 Å². The molecule has 1 aliphatic rings. The number of halogens is 1. The van der Waals surface area contributed by atoms with Gasteiger partial charge in [-0.15, -0.1) is 0 Å². The van der Waals surface area contributed by atoms with Crippen molar-refractivity contribution in [1.29, 1.82) is 0 Å². The van der Waals surface area contributed by atoms with E-state index in [9.17, 15) is 5.11 Å². The second-order valence-corrected chi connectivity index (χ2v) is 7.07. The Balaban J connectivity index is 1.91. The lowest BCUT2D eigenvalue weighted by molar-refractivity contribution is 0.205. The molecular formula is C15H22BrNO. The molecule has 2 N–H and O–H groups in total. The molecule has 0 spiro atoms. The van der Waals surface area contributed by atoms with Gasteiger partial charge in [0.1, 0.15) is 0 Å². The molecule has 1 aromatic rings. The van der Waals surface area contributed by atoms with Crippen LogP contribution < -0.4 is 5.32 Å². The number of nitrogens with one attached hydrogen (secondary N) is 1. The van der Waals surface area contributed by atoms with E-state index in [-0.39, 0.29) is 10.8 Å². The summed E-state index contributed by atoms with van der Waals surface area (Å²) in [6.07, 6.45) is 2.32. The van der Waals surface area contributed by atoms with E-state index >= 15 is 0 Å². The third kappa shape index (κ3) is 3.34. The van der Waals surface area contributed by atoms with Gasteiger partial charge in [0.15, 0.2) is 0 Å². The van der Waals surface area contributed by atoms with Crippen LogP contribution in [-0.2, 0) is 5.41 Å². The number of aliphatic hydroxyl groups excluding tert-OH is 1. The van der Waals surface area contributed by atoms with Crippen LogP contribution in [0.4, 0.5) is 0 Å². The molecule has 18 heavy (non-hydrogen) atoms. The number of aliphatic hydroxyl groups is 1. The normalized spacial score (nSPS) is 17.8. The van der Waals surface area contributed by atoms with Gasteiger partial charge in [-0.1, -0.05) is 41.9 Å². The van der Waals surface area contributed by atoms with Gasteiger partial charge in [0.05, 0.1) is 0 Å². The molecule has 0 unspecified atom stereocenters. The fraction of sp³-hybridized carbons (Fsp3) is 0.600. The highest BCUT2D eigenvalue weighted by atomic mass is 79.9. The maximum atomic E-state index is 9.29. The van der Waals surface area contributed by atoms with E-state index in [0.717, 1.165) is 30.4 Å². The second-order valence-electron chi connectivity index (χ2n) is 6.16. The van der Waals surface area contributed by atoms with Crippen LogP contribution >= 0.6 is 15.9 Å². The highest BCUT2D eigenvalue weighted by Gasteiger charge is 2.41. The first-order valence-electron chi connectivity index (χ1n) is 6.55. The second kappa shape index (κ2) is 5.32. The average molecular weight is 312 g/mol. The highest BCUT2D eigenvalue weighted by molar-refractivity contribution is 9.10. The maximum absolute atomic E-state index is 9.29. The fourth-order valence-corrected chi connectivity index (χ4v) is 2.62. The van der Waals surface area contributed by atoms with Crippen LogP contribution in [-0.4, -0.2) is 24.8 Å². The smallest absolute Gasteiger partial charge is 0.0499 e. The van der Waals surface area contributed by atoms with Crippen LogP contribution in [0.5, 0.6) is 0 Å². The van der Waals surface area contributed by atoms with Gasteiger partial charge in [0, 0.05) is 35.0 Å². The summed E-state index contributed by atoms with van der Waals surface area (Å²) in [5.41, 5.74) is 1.63. The molecule has 1 aliphatic carbocycles. The Morgan fingerprint density at radius 1 is 1.39 bits per heavy atom. The molecule has 1 fully saturated rings. The number of rotatable bonds is 6. The predicted octanol–water partition coefficient (Wildman–Crippen LogP) is 3.09. The minimum atomic E-state index is 0.106. The van der Waals surface area contributed by atoms with Gasteiger partial charge in [0.2, 0.25) is 0 Å². The Morgan fingerprint density at radius 3 is 2.67 bits per heavy atom. The highest BCUT2D eigenvalue weighted by Crippen LogP contribution is 2.44. The molecule has 100 valence electrons. The van der Waals surface area contributed by atoms with Crippen molar-refractivity contribution < 1.29 is 5.11 Å².